The van der Waals surface area contributed by atoms with Crippen LogP contribution in [0.2, 0.25) is 0 Å². The van der Waals surface area contributed by atoms with Gasteiger partial charge in [0.1, 0.15) is 5.66 Å². The smallest absolute Gasteiger partial charge is 0.170 e. The molecule has 6 heteroatoms. The van der Waals surface area contributed by atoms with E-state index >= 15 is 0 Å². The third-order valence-electron chi connectivity index (χ3n) is 3.88. The molecule has 2 heterocycles. The molecule has 2 aliphatic heterocycles. The van der Waals surface area contributed by atoms with Gasteiger partial charge in [0, 0.05) is 0 Å². The van der Waals surface area contributed by atoms with Gasteiger partial charge in [-0.3, -0.25) is 0 Å². The number of nitrogens with two attached hydrogens (primary N) is 3. The van der Waals surface area contributed by atoms with E-state index in [2.05, 4.69) is 16.0 Å². The number of rotatable bonds is 0. The molecule has 0 spiro atoms. The van der Waals surface area contributed by atoms with Crippen molar-refractivity contribution in [3.63, 3.8) is 0 Å². The van der Waals surface area contributed by atoms with Crippen LogP contribution in [0.1, 0.15) is 0 Å². The highest BCUT2D eigenvalue weighted by Gasteiger charge is 2.54. The zero-order valence-electron chi connectivity index (χ0n) is 9.62. The summed E-state index contributed by atoms with van der Waals surface area (Å²) in [6, 6.07) is 5.87. The molecule has 2 unspecified atom stereocenters. The molecule has 3 bridgehead atoms. The van der Waals surface area contributed by atoms with E-state index in [9.17, 15) is 0 Å². The Morgan fingerprint density at radius 2 is 1.83 bits per heavy atom. The zero-order chi connectivity index (χ0) is 12.5. The number of hydrogen-bond acceptors (Lipinski definition) is 6. The molecule has 0 amide bonds. The van der Waals surface area contributed by atoms with Crippen molar-refractivity contribution in [3.8, 4) is 0 Å². The third kappa shape index (κ3) is 0.879. The monoisotopic (exact) mass is 242 g/mol. The highest BCUT2D eigenvalue weighted by molar-refractivity contribution is 5.90. The van der Waals surface area contributed by atoms with Crippen molar-refractivity contribution in [2.75, 3.05) is 16.0 Å². The van der Waals surface area contributed by atoms with Gasteiger partial charge in [-0.1, -0.05) is 6.07 Å². The van der Waals surface area contributed by atoms with Crippen molar-refractivity contribution in [1.29, 1.82) is 0 Å². The molecule has 92 valence electrons. The Kier molecular flexibility index (Phi) is 1.43. The van der Waals surface area contributed by atoms with Crippen LogP contribution < -0.4 is 33.2 Å². The average molecular weight is 242 g/mol. The second-order valence-corrected chi connectivity index (χ2v) is 4.94. The fraction of sp³-hybridized carbons (Fsp3) is 0.167. The Morgan fingerprint density at radius 1 is 1.06 bits per heavy atom. The van der Waals surface area contributed by atoms with Gasteiger partial charge in [0.15, 0.2) is 5.66 Å². The second-order valence-electron chi connectivity index (χ2n) is 4.94. The molecule has 3 aliphatic rings. The molecule has 18 heavy (non-hydrogen) atoms. The van der Waals surface area contributed by atoms with Gasteiger partial charge in [0.25, 0.3) is 0 Å². The number of nitrogens with one attached hydrogen (secondary N) is 3. The number of para-hydroxylation sites is 1. The van der Waals surface area contributed by atoms with Crippen LogP contribution in [0.5, 0.6) is 0 Å². The van der Waals surface area contributed by atoms with Crippen molar-refractivity contribution in [2.45, 2.75) is 11.3 Å². The first-order valence-electron chi connectivity index (χ1n) is 5.77. The summed E-state index contributed by atoms with van der Waals surface area (Å²) in [4.78, 5) is 0. The standard InChI is InChI=1S/C12H14N6/c13-10-8-4-5-11(14)12(10,15)18-9-6(16-8)2-1-3-7(9)17-11/h1-5,16-18H,13-15H2. The first-order chi connectivity index (χ1) is 8.53. The number of benzene rings is 1. The summed E-state index contributed by atoms with van der Waals surface area (Å²) in [7, 11) is 0. The predicted molar refractivity (Wildman–Crippen MR) is 71.5 cm³/mol. The maximum absolute atomic E-state index is 6.41. The summed E-state index contributed by atoms with van der Waals surface area (Å²) in [6.45, 7) is 0. The topological polar surface area (TPSA) is 114 Å². The predicted octanol–water partition coefficient (Wildman–Crippen LogP) is -0.000400. The van der Waals surface area contributed by atoms with Crippen LogP contribution in [0.3, 0.4) is 0 Å². The Bertz CT molecular complexity index is 633. The van der Waals surface area contributed by atoms with Crippen LogP contribution in [0.4, 0.5) is 17.1 Å². The maximum Gasteiger partial charge on any atom is 0.170 e. The highest BCUT2D eigenvalue weighted by Crippen LogP contribution is 2.46. The Balaban J connectivity index is 2.11. The van der Waals surface area contributed by atoms with Crippen molar-refractivity contribution < 1.29 is 0 Å². The van der Waals surface area contributed by atoms with Crippen molar-refractivity contribution in [2.24, 2.45) is 17.2 Å². The molecule has 9 N–H and O–H groups in total. The van der Waals surface area contributed by atoms with Gasteiger partial charge in [-0.05, 0) is 24.3 Å². The van der Waals surface area contributed by atoms with Crippen LogP contribution in [0.25, 0.3) is 0 Å². The molecular formula is C12H14N6. The van der Waals surface area contributed by atoms with Crippen LogP contribution in [-0.4, -0.2) is 11.3 Å². The minimum absolute atomic E-state index is 0.502. The molecule has 1 aromatic carbocycles. The van der Waals surface area contributed by atoms with Crippen molar-refractivity contribution >= 4 is 17.1 Å². The number of anilines is 3. The largest absolute Gasteiger partial charge is 0.397 e. The molecule has 2 atom stereocenters. The van der Waals surface area contributed by atoms with Crippen LogP contribution >= 0.6 is 0 Å². The van der Waals surface area contributed by atoms with Crippen LogP contribution in [0.15, 0.2) is 41.7 Å². The normalized spacial score (nSPS) is 34.6. The summed E-state index contributed by atoms with van der Waals surface area (Å²) < 4.78 is 0. The lowest BCUT2D eigenvalue weighted by Gasteiger charge is -2.50. The SMILES string of the molecule is NC1=C2C=CC3(N)Nc4cccc(c4NC13N)N2. The quantitative estimate of drug-likeness (QED) is 0.381. The van der Waals surface area contributed by atoms with Crippen molar-refractivity contribution in [1.82, 2.24) is 0 Å². The maximum atomic E-state index is 6.41. The molecule has 1 aliphatic carbocycles. The van der Waals surface area contributed by atoms with Gasteiger partial charge in [0.05, 0.1) is 28.5 Å². The van der Waals surface area contributed by atoms with E-state index < -0.39 is 11.3 Å². The van der Waals surface area contributed by atoms with Gasteiger partial charge in [0.2, 0.25) is 0 Å². The van der Waals surface area contributed by atoms with Crippen molar-refractivity contribution in [3.05, 3.63) is 41.7 Å². The summed E-state index contributed by atoms with van der Waals surface area (Å²) in [5.74, 6) is 0. The Labute approximate surface area is 104 Å². The molecule has 0 aromatic heterocycles. The Hall–Kier alpha value is -2.18. The van der Waals surface area contributed by atoms with Crippen LogP contribution in [0, 0.1) is 0 Å². The minimum Gasteiger partial charge on any atom is -0.397 e. The van der Waals surface area contributed by atoms with Gasteiger partial charge >= 0.3 is 0 Å². The molecule has 0 saturated carbocycles. The van der Waals surface area contributed by atoms with E-state index in [1.807, 2.05) is 30.4 Å². The fourth-order valence-corrected chi connectivity index (χ4v) is 2.75. The molecule has 6 nitrogen and oxygen atoms in total. The minimum atomic E-state index is -1.04. The molecule has 1 aromatic rings. The van der Waals surface area contributed by atoms with E-state index in [0.29, 0.717) is 5.70 Å². The molecule has 0 radical (unpaired) electrons. The second kappa shape index (κ2) is 2.63. The summed E-state index contributed by atoms with van der Waals surface area (Å²) in [6.07, 6.45) is 3.69. The van der Waals surface area contributed by atoms with E-state index in [0.717, 1.165) is 22.8 Å². The average Bonchev–Trinajstić information content (AvgIpc) is 2.39. The van der Waals surface area contributed by atoms with Gasteiger partial charge in [-0.25, -0.2) is 0 Å². The molecular weight excluding hydrogens is 228 g/mol. The van der Waals surface area contributed by atoms with Gasteiger partial charge in [-0.15, -0.1) is 0 Å². The molecule has 0 saturated heterocycles. The third-order valence-corrected chi connectivity index (χ3v) is 3.88. The summed E-state index contributed by atoms with van der Waals surface area (Å²) >= 11 is 0. The lowest BCUT2D eigenvalue weighted by molar-refractivity contribution is 0.374. The first kappa shape index (κ1) is 9.81. The summed E-state index contributed by atoms with van der Waals surface area (Å²) in [5.41, 5.74) is 21.0. The van der Waals surface area contributed by atoms with E-state index in [1.54, 1.807) is 0 Å². The lowest BCUT2D eigenvalue weighted by Crippen LogP contribution is -2.77. The number of hydrogen-bond donors (Lipinski definition) is 6. The molecule has 0 fully saturated rings. The van der Waals surface area contributed by atoms with E-state index in [1.165, 1.54) is 0 Å². The first-order valence-corrected chi connectivity index (χ1v) is 5.77. The molecule has 4 rings (SSSR count). The zero-order valence-corrected chi connectivity index (χ0v) is 9.62. The Morgan fingerprint density at radius 3 is 2.67 bits per heavy atom. The summed E-state index contributed by atoms with van der Waals surface area (Å²) in [5, 5.41) is 9.81. The van der Waals surface area contributed by atoms with Gasteiger partial charge in [-0.2, -0.15) is 0 Å². The van der Waals surface area contributed by atoms with Crippen LogP contribution in [-0.2, 0) is 0 Å². The van der Waals surface area contributed by atoms with Gasteiger partial charge < -0.3 is 33.2 Å². The lowest BCUT2D eigenvalue weighted by atomic mass is 9.83. The van der Waals surface area contributed by atoms with E-state index in [4.69, 9.17) is 17.2 Å². The number of allylic oxidation sites excluding steroid dienone is 1. The van der Waals surface area contributed by atoms with E-state index in [-0.39, 0.29) is 0 Å². The fourth-order valence-electron chi connectivity index (χ4n) is 2.75. The highest BCUT2D eigenvalue weighted by atomic mass is 15.3.